The lowest BCUT2D eigenvalue weighted by Gasteiger charge is -2.40. The van der Waals surface area contributed by atoms with Gasteiger partial charge in [-0.15, -0.1) is 0 Å². The van der Waals surface area contributed by atoms with Crippen LogP contribution in [0, 0.1) is 0 Å². The Morgan fingerprint density at radius 1 is 0.440 bits per heavy atom. The zero-order valence-electron chi connectivity index (χ0n) is 48.1. The molecule has 1 aliphatic rings. The molecule has 6 atom stereocenters. The smallest absolute Gasteiger partial charge is 0.335 e. The summed E-state index contributed by atoms with van der Waals surface area (Å²) < 4.78 is 28.4. The fraction of sp³-hybridized carbons (Fsp3) is 0.841. The number of carbonyl (C=O) groups is 4. The monoisotopic (exact) mass is 1060 g/mol. The van der Waals surface area contributed by atoms with Gasteiger partial charge in [0.15, 0.2) is 24.6 Å². The number of rotatable bonds is 53. The molecule has 1 fully saturated rings. The molecule has 0 amide bonds. The van der Waals surface area contributed by atoms with Gasteiger partial charge in [-0.25, -0.2) is 4.79 Å². The third-order valence-corrected chi connectivity index (χ3v) is 14.2. The van der Waals surface area contributed by atoms with E-state index in [1.54, 1.807) is 0 Å². The molecule has 436 valence electrons. The molecule has 12 heteroatoms. The van der Waals surface area contributed by atoms with E-state index < -0.39 is 67.3 Å². The SMILES string of the molecule is CCCCC/C=C\C/C=C\CCCCCCCCCC(=O)OCC(COC1OC(C(=O)O)C(O)C(O)C1OC(=O)CCCCCCCCCCC/C=C\CCCCCCCC)OC(=O)CCCCCCCCCCC. The number of aliphatic hydroxyl groups excluding tert-OH is 2. The fourth-order valence-electron chi connectivity index (χ4n) is 9.39. The summed E-state index contributed by atoms with van der Waals surface area (Å²) in [6.45, 7) is 5.96. The molecule has 0 bridgehead atoms. The highest BCUT2D eigenvalue weighted by Gasteiger charge is 2.50. The number of aliphatic carboxylic acids is 1. The summed E-state index contributed by atoms with van der Waals surface area (Å²) >= 11 is 0. The van der Waals surface area contributed by atoms with E-state index in [1.165, 1.54) is 141 Å². The quantitative estimate of drug-likeness (QED) is 0.0228. The molecule has 1 rings (SSSR count). The van der Waals surface area contributed by atoms with E-state index in [-0.39, 0.29) is 25.9 Å². The first-order chi connectivity index (χ1) is 36.6. The maximum atomic E-state index is 13.1. The summed E-state index contributed by atoms with van der Waals surface area (Å²) in [6, 6.07) is 0. The van der Waals surface area contributed by atoms with Gasteiger partial charge in [0.2, 0.25) is 0 Å². The standard InChI is InChI=1S/C63H112O12/c1-4-7-10-13-16-19-21-23-25-27-28-30-32-34-36-39-42-45-48-51-57(66)74-61-59(68)58(67)60(62(69)70)75-63(61)72-53-54(73-56(65)50-47-44-41-37-18-15-12-9-6-3)52-71-55(64)49-46-43-40-38-35-33-31-29-26-24-22-20-17-14-11-8-5-2/h17,20,23-26,54,58-61,63,67-68H,4-16,18-19,21-22,27-53H2,1-3H3,(H,69,70)/b20-17-,25-23-,26-24-. The molecular formula is C63H112O12. The second kappa shape index (κ2) is 51.7. The van der Waals surface area contributed by atoms with E-state index in [1.807, 2.05) is 0 Å². The minimum Gasteiger partial charge on any atom is -0.479 e. The van der Waals surface area contributed by atoms with Gasteiger partial charge in [0.25, 0.3) is 0 Å². The largest absolute Gasteiger partial charge is 0.479 e. The van der Waals surface area contributed by atoms with Crippen molar-refractivity contribution in [2.24, 2.45) is 0 Å². The van der Waals surface area contributed by atoms with E-state index in [2.05, 4.69) is 57.2 Å². The predicted molar refractivity (Wildman–Crippen MR) is 303 cm³/mol. The van der Waals surface area contributed by atoms with Crippen molar-refractivity contribution in [2.45, 2.75) is 327 Å². The molecule has 12 nitrogen and oxygen atoms in total. The lowest BCUT2D eigenvalue weighted by molar-refractivity contribution is -0.301. The molecule has 0 aromatic rings. The molecule has 75 heavy (non-hydrogen) atoms. The van der Waals surface area contributed by atoms with Crippen LogP contribution in [-0.2, 0) is 42.9 Å². The number of hydrogen-bond acceptors (Lipinski definition) is 11. The summed E-state index contributed by atoms with van der Waals surface area (Å²) in [6.07, 6.45) is 48.3. The maximum Gasteiger partial charge on any atom is 0.335 e. The van der Waals surface area contributed by atoms with Crippen LogP contribution in [0.15, 0.2) is 36.5 Å². The lowest BCUT2D eigenvalue weighted by atomic mass is 9.98. The molecule has 0 radical (unpaired) electrons. The van der Waals surface area contributed by atoms with Crippen molar-refractivity contribution in [3.05, 3.63) is 36.5 Å². The van der Waals surface area contributed by atoms with Crippen LogP contribution in [0.25, 0.3) is 0 Å². The van der Waals surface area contributed by atoms with Crippen LogP contribution in [0.2, 0.25) is 0 Å². The Hall–Kier alpha value is -3.06. The van der Waals surface area contributed by atoms with E-state index >= 15 is 0 Å². The molecule has 0 spiro atoms. The Kier molecular flexibility index (Phi) is 48.2. The number of carbonyl (C=O) groups excluding carboxylic acids is 3. The van der Waals surface area contributed by atoms with Crippen LogP contribution in [-0.4, -0.2) is 89.2 Å². The van der Waals surface area contributed by atoms with E-state index in [4.69, 9.17) is 23.7 Å². The number of ether oxygens (including phenoxy) is 5. The Labute approximate surface area is 457 Å². The average molecular weight is 1060 g/mol. The predicted octanol–water partition coefficient (Wildman–Crippen LogP) is 16.0. The highest BCUT2D eigenvalue weighted by atomic mass is 16.7. The van der Waals surface area contributed by atoms with Crippen molar-refractivity contribution in [3.63, 3.8) is 0 Å². The van der Waals surface area contributed by atoms with Gasteiger partial charge in [-0.3, -0.25) is 14.4 Å². The number of carboxylic acid groups (broad SMARTS) is 1. The van der Waals surface area contributed by atoms with Gasteiger partial charge in [0.05, 0.1) is 6.61 Å². The van der Waals surface area contributed by atoms with Crippen molar-refractivity contribution in [3.8, 4) is 0 Å². The van der Waals surface area contributed by atoms with E-state index in [0.29, 0.717) is 19.3 Å². The zero-order valence-corrected chi connectivity index (χ0v) is 48.1. The summed E-state index contributed by atoms with van der Waals surface area (Å²) in [7, 11) is 0. The number of esters is 3. The first-order valence-electron chi connectivity index (χ1n) is 31.0. The van der Waals surface area contributed by atoms with E-state index in [0.717, 1.165) is 89.9 Å². The Balaban J connectivity index is 2.60. The Morgan fingerprint density at radius 2 is 0.800 bits per heavy atom. The lowest BCUT2D eigenvalue weighted by Crippen LogP contribution is -2.61. The van der Waals surface area contributed by atoms with Crippen LogP contribution in [0.5, 0.6) is 0 Å². The second-order valence-corrected chi connectivity index (χ2v) is 21.3. The molecule has 1 aliphatic heterocycles. The third kappa shape index (κ3) is 41.7. The van der Waals surface area contributed by atoms with Gasteiger partial charge in [0.1, 0.15) is 18.8 Å². The average Bonchev–Trinajstić information content (AvgIpc) is 3.39. The van der Waals surface area contributed by atoms with Gasteiger partial charge in [-0.1, -0.05) is 231 Å². The molecule has 0 aliphatic carbocycles. The molecule has 0 aromatic heterocycles. The minimum atomic E-state index is -1.90. The third-order valence-electron chi connectivity index (χ3n) is 14.2. The number of aliphatic hydroxyl groups is 2. The molecule has 3 N–H and O–H groups in total. The number of unbranched alkanes of at least 4 members (excludes halogenated alkanes) is 33. The van der Waals surface area contributed by atoms with Crippen molar-refractivity contribution in [1.82, 2.24) is 0 Å². The first-order valence-corrected chi connectivity index (χ1v) is 31.0. The molecule has 0 aromatic carbocycles. The topological polar surface area (TPSA) is 175 Å². The van der Waals surface area contributed by atoms with Crippen molar-refractivity contribution in [2.75, 3.05) is 13.2 Å². The summed E-state index contributed by atoms with van der Waals surface area (Å²) in [5.74, 6) is -3.11. The van der Waals surface area contributed by atoms with Crippen molar-refractivity contribution < 1.29 is 58.2 Å². The normalized spacial score (nSPS) is 18.3. The highest BCUT2D eigenvalue weighted by molar-refractivity contribution is 5.74. The van der Waals surface area contributed by atoms with Crippen LogP contribution in [0.4, 0.5) is 0 Å². The Bertz CT molecular complexity index is 1450. The molecule has 0 saturated carbocycles. The number of allylic oxidation sites excluding steroid dienone is 6. The van der Waals surface area contributed by atoms with Crippen LogP contribution in [0.3, 0.4) is 0 Å². The summed E-state index contributed by atoms with van der Waals surface area (Å²) in [5.41, 5.74) is 0. The van der Waals surface area contributed by atoms with Crippen molar-refractivity contribution >= 4 is 23.9 Å². The van der Waals surface area contributed by atoms with Gasteiger partial charge in [0, 0.05) is 19.3 Å². The summed E-state index contributed by atoms with van der Waals surface area (Å²) in [4.78, 5) is 51.1. The maximum absolute atomic E-state index is 13.1. The summed E-state index contributed by atoms with van der Waals surface area (Å²) in [5, 5.41) is 31.5. The second-order valence-electron chi connectivity index (χ2n) is 21.3. The number of carboxylic acids is 1. The van der Waals surface area contributed by atoms with Gasteiger partial charge in [-0.2, -0.15) is 0 Å². The molecule has 6 unspecified atom stereocenters. The van der Waals surface area contributed by atoms with E-state index in [9.17, 15) is 34.5 Å². The molecule has 1 saturated heterocycles. The zero-order chi connectivity index (χ0) is 54.7. The fourth-order valence-corrected chi connectivity index (χ4v) is 9.39. The first kappa shape index (κ1) is 70.0. The highest BCUT2D eigenvalue weighted by Crippen LogP contribution is 2.27. The van der Waals surface area contributed by atoms with Crippen molar-refractivity contribution in [1.29, 1.82) is 0 Å². The van der Waals surface area contributed by atoms with Crippen LogP contribution < -0.4 is 0 Å². The van der Waals surface area contributed by atoms with Gasteiger partial charge < -0.3 is 39.0 Å². The minimum absolute atomic E-state index is 0.0609. The molecule has 1 heterocycles. The Morgan fingerprint density at radius 3 is 1.24 bits per heavy atom. The van der Waals surface area contributed by atoms with Gasteiger partial charge in [-0.05, 0) is 77.0 Å². The van der Waals surface area contributed by atoms with Gasteiger partial charge >= 0.3 is 23.9 Å². The number of hydrogen-bond donors (Lipinski definition) is 3. The van der Waals surface area contributed by atoms with Crippen LogP contribution in [0.1, 0.15) is 290 Å². The van der Waals surface area contributed by atoms with Crippen LogP contribution >= 0.6 is 0 Å². The molecular weight excluding hydrogens is 949 g/mol.